The predicted molar refractivity (Wildman–Crippen MR) is 142 cm³/mol. The molecule has 10 atom stereocenters. The second-order valence-corrected chi connectivity index (χ2v) is 15.9. The predicted octanol–water partition coefficient (Wildman–Crippen LogP) is 3.29. The van der Waals surface area contributed by atoms with Crippen LogP contribution in [0, 0.1) is 0 Å². The summed E-state index contributed by atoms with van der Waals surface area (Å²) in [6, 6.07) is 0. The summed E-state index contributed by atoms with van der Waals surface area (Å²) < 4.78 is 76.2. The molecule has 2 fully saturated rings. The Hall–Kier alpha value is 0.0200. The van der Waals surface area contributed by atoms with Crippen LogP contribution in [0.2, 0.25) is 0 Å². The van der Waals surface area contributed by atoms with Gasteiger partial charge in [-0.05, 0) is 55.4 Å². The van der Waals surface area contributed by atoms with Gasteiger partial charge in [-0.15, -0.1) is 0 Å². The van der Waals surface area contributed by atoms with Gasteiger partial charge in [-0.1, -0.05) is 0 Å². The standard InChI is InChI=1S/C24H48O13P2/c1-15-19(30-10)22(18(34-15)13-32-38(25,26)24(6,7)8)37-39(27,28)33-14-17-21(36-23(3,4)5)20(16(2)35-17)31-12-11-29-9/h15-22H,11-14H2,1-10H3,(H,25,26)(H,27,28)/t15-,16-,17+,18+,19?,20?,21-,22-/m0/s1. The third-order valence-corrected chi connectivity index (χ3v) is 9.54. The lowest BCUT2D eigenvalue weighted by Gasteiger charge is -2.31. The zero-order chi connectivity index (χ0) is 29.8. The van der Waals surface area contributed by atoms with Crippen molar-refractivity contribution in [3.8, 4) is 0 Å². The van der Waals surface area contributed by atoms with Crippen molar-refractivity contribution in [2.75, 3.05) is 40.6 Å². The first-order chi connectivity index (χ1) is 17.8. The molecule has 2 aliphatic rings. The third kappa shape index (κ3) is 10.1. The van der Waals surface area contributed by atoms with Crippen LogP contribution in [-0.4, -0.2) is 110 Å². The summed E-state index contributed by atoms with van der Waals surface area (Å²) in [5.74, 6) is 0. The SMILES string of the molecule is COCCOC1[C@H](C)O[C@H](COP(=O)(O)O[C@@H]2C(OC)[C@H](C)O[C@@H]2COP(=O)(O)C(C)(C)C)[C@@H]1OC(C)(C)C. The van der Waals surface area contributed by atoms with Crippen LogP contribution in [0.25, 0.3) is 0 Å². The van der Waals surface area contributed by atoms with E-state index in [0.717, 1.165) is 0 Å². The van der Waals surface area contributed by atoms with Crippen molar-refractivity contribution in [1.29, 1.82) is 0 Å². The van der Waals surface area contributed by atoms with Crippen LogP contribution in [0.5, 0.6) is 0 Å². The minimum absolute atomic E-state index is 0.319. The Bertz CT molecular complexity index is 858. The van der Waals surface area contributed by atoms with Crippen molar-refractivity contribution >= 4 is 15.4 Å². The minimum Gasteiger partial charge on any atom is -0.382 e. The van der Waals surface area contributed by atoms with Gasteiger partial charge < -0.3 is 42.7 Å². The molecule has 0 spiro atoms. The average Bonchev–Trinajstić information content (AvgIpc) is 3.24. The van der Waals surface area contributed by atoms with E-state index in [1.807, 2.05) is 27.7 Å². The molecule has 0 radical (unpaired) electrons. The molecule has 2 rings (SSSR count). The second kappa shape index (κ2) is 14.0. The lowest BCUT2D eigenvalue weighted by atomic mass is 10.1. The monoisotopic (exact) mass is 606 g/mol. The highest BCUT2D eigenvalue weighted by atomic mass is 31.2. The highest BCUT2D eigenvalue weighted by Crippen LogP contribution is 2.55. The zero-order valence-electron chi connectivity index (χ0n) is 24.7. The van der Waals surface area contributed by atoms with Gasteiger partial charge >= 0.3 is 15.4 Å². The molecule has 2 saturated heterocycles. The Kier molecular flexibility index (Phi) is 12.6. The maximum absolute atomic E-state index is 13.1. The summed E-state index contributed by atoms with van der Waals surface area (Å²) in [6.45, 7) is 13.9. The second-order valence-electron chi connectivity index (χ2n) is 11.8. The van der Waals surface area contributed by atoms with Crippen LogP contribution >= 0.6 is 15.4 Å². The fourth-order valence-electron chi connectivity index (χ4n) is 4.31. The van der Waals surface area contributed by atoms with Gasteiger partial charge in [-0.3, -0.25) is 13.6 Å². The van der Waals surface area contributed by atoms with Crippen LogP contribution < -0.4 is 0 Å². The molecular formula is C24H48O13P2. The van der Waals surface area contributed by atoms with E-state index in [2.05, 4.69) is 0 Å². The molecule has 15 heteroatoms. The normalized spacial score (nSPS) is 35.2. The van der Waals surface area contributed by atoms with Crippen molar-refractivity contribution in [3.63, 3.8) is 0 Å². The first-order valence-electron chi connectivity index (χ1n) is 13.1. The Balaban J connectivity index is 2.11. The van der Waals surface area contributed by atoms with E-state index < -0.39 is 68.9 Å². The van der Waals surface area contributed by atoms with E-state index in [1.165, 1.54) is 7.11 Å². The van der Waals surface area contributed by atoms with E-state index >= 15 is 0 Å². The summed E-state index contributed by atoms with van der Waals surface area (Å²) >= 11 is 0. The van der Waals surface area contributed by atoms with E-state index in [1.54, 1.807) is 34.8 Å². The van der Waals surface area contributed by atoms with E-state index in [9.17, 15) is 18.9 Å². The fourth-order valence-corrected chi connectivity index (χ4v) is 6.01. The van der Waals surface area contributed by atoms with Crippen LogP contribution in [-0.2, 0) is 51.1 Å². The maximum Gasteiger partial charge on any atom is 0.472 e. The minimum atomic E-state index is -4.69. The number of hydrogen-bond acceptors (Lipinski definition) is 11. The summed E-state index contributed by atoms with van der Waals surface area (Å²) in [4.78, 5) is 20.9. The van der Waals surface area contributed by atoms with E-state index in [-0.39, 0.29) is 19.3 Å². The highest BCUT2D eigenvalue weighted by Gasteiger charge is 2.50. The topological polar surface area (TPSA) is 158 Å². The van der Waals surface area contributed by atoms with Gasteiger partial charge in [0.2, 0.25) is 0 Å². The molecule has 2 N–H and O–H groups in total. The lowest BCUT2D eigenvalue weighted by molar-refractivity contribution is -0.133. The molecular weight excluding hydrogens is 558 g/mol. The van der Waals surface area contributed by atoms with Gasteiger partial charge in [0, 0.05) is 14.2 Å². The molecule has 13 nitrogen and oxygen atoms in total. The Morgan fingerprint density at radius 1 is 0.769 bits per heavy atom. The first-order valence-corrected chi connectivity index (χ1v) is 16.1. The van der Waals surface area contributed by atoms with Crippen LogP contribution in [0.15, 0.2) is 0 Å². The largest absolute Gasteiger partial charge is 0.472 e. The van der Waals surface area contributed by atoms with Crippen molar-refractivity contribution in [1.82, 2.24) is 0 Å². The van der Waals surface area contributed by atoms with Gasteiger partial charge in [0.05, 0.1) is 49.4 Å². The van der Waals surface area contributed by atoms with Crippen LogP contribution in [0.4, 0.5) is 0 Å². The Morgan fingerprint density at radius 3 is 1.82 bits per heavy atom. The number of ether oxygens (including phenoxy) is 6. The van der Waals surface area contributed by atoms with Crippen molar-refractivity contribution in [2.45, 2.75) is 115 Å². The fraction of sp³-hybridized carbons (Fsp3) is 1.00. The molecule has 232 valence electrons. The molecule has 0 bridgehead atoms. The van der Waals surface area contributed by atoms with Crippen LogP contribution in [0.3, 0.4) is 0 Å². The summed E-state index contributed by atoms with van der Waals surface area (Å²) in [7, 11) is -5.73. The zero-order valence-corrected chi connectivity index (χ0v) is 26.5. The van der Waals surface area contributed by atoms with Crippen LogP contribution in [0.1, 0.15) is 55.4 Å². The van der Waals surface area contributed by atoms with Crippen molar-refractivity contribution in [2.24, 2.45) is 0 Å². The van der Waals surface area contributed by atoms with Gasteiger partial charge in [0.15, 0.2) is 0 Å². The smallest absolute Gasteiger partial charge is 0.382 e. The summed E-state index contributed by atoms with van der Waals surface area (Å²) in [5, 5.41) is -1.03. The summed E-state index contributed by atoms with van der Waals surface area (Å²) in [5.41, 5.74) is -0.548. The molecule has 0 amide bonds. The van der Waals surface area contributed by atoms with Gasteiger partial charge in [-0.25, -0.2) is 4.57 Å². The molecule has 4 unspecified atom stereocenters. The van der Waals surface area contributed by atoms with Gasteiger partial charge in [-0.2, -0.15) is 0 Å². The highest BCUT2D eigenvalue weighted by molar-refractivity contribution is 7.54. The molecule has 39 heavy (non-hydrogen) atoms. The molecule has 0 aromatic rings. The first kappa shape index (κ1) is 35.2. The molecule has 0 saturated carbocycles. The third-order valence-electron chi connectivity index (χ3n) is 6.36. The van der Waals surface area contributed by atoms with Gasteiger partial charge in [0.25, 0.3) is 0 Å². The average molecular weight is 607 g/mol. The number of phosphoric ester groups is 1. The molecule has 2 aliphatic heterocycles. The molecule has 0 aromatic heterocycles. The van der Waals surface area contributed by atoms with Crippen molar-refractivity contribution < 1.29 is 60.9 Å². The molecule has 0 aliphatic carbocycles. The van der Waals surface area contributed by atoms with E-state index in [4.69, 9.17) is 42.0 Å². The number of rotatable bonds is 14. The Labute approximate surface area is 232 Å². The summed E-state index contributed by atoms with van der Waals surface area (Å²) in [6.07, 6.45) is -5.51. The molecule has 2 heterocycles. The lowest BCUT2D eigenvalue weighted by Crippen LogP contribution is -2.43. The number of hydrogen-bond donors (Lipinski definition) is 2. The number of methoxy groups -OCH3 is 2. The van der Waals surface area contributed by atoms with E-state index in [0.29, 0.717) is 13.2 Å². The van der Waals surface area contributed by atoms with Gasteiger partial charge in [0.1, 0.15) is 36.6 Å². The maximum atomic E-state index is 13.1. The van der Waals surface area contributed by atoms with Crippen molar-refractivity contribution in [3.05, 3.63) is 0 Å². The number of phosphoric acid groups is 1. The quantitative estimate of drug-likeness (QED) is 0.219. The molecule has 0 aromatic carbocycles. The Morgan fingerprint density at radius 2 is 1.31 bits per heavy atom.